The molecular formula is C28H31FN4O2S. The van der Waals surface area contributed by atoms with Crippen LogP contribution in [-0.4, -0.2) is 40.4 Å². The van der Waals surface area contributed by atoms with Gasteiger partial charge in [-0.25, -0.2) is 9.37 Å². The number of carbonyl (C=O) groups is 1. The molecule has 1 aromatic carbocycles. The van der Waals surface area contributed by atoms with Crippen LogP contribution in [0.3, 0.4) is 0 Å². The van der Waals surface area contributed by atoms with Crippen molar-refractivity contribution in [2.45, 2.75) is 51.1 Å². The number of ether oxygens (including phenoxy) is 1. The Morgan fingerprint density at radius 2 is 2.03 bits per heavy atom. The summed E-state index contributed by atoms with van der Waals surface area (Å²) in [6.07, 6.45) is 7.33. The number of halogens is 1. The number of aromatic nitrogens is 3. The molecule has 2 bridgehead atoms. The highest BCUT2D eigenvalue weighted by molar-refractivity contribution is 7.11. The molecule has 1 amide bonds. The Morgan fingerprint density at radius 1 is 1.25 bits per heavy atom. The van der Waals surface area contributed by atoms with Crippen LogP contribution in [0.1, 0.15) is 42.1 Å². The first-order valence-corrected chi connectivity index (χ1v) is 13.2. The van der Waals surface area contributed by atoms with E-state index < -0.39 is 11.1 Å². The van der Waals surface area contributed by atoms with Gasteiger partial charge in [0, 0.05) is 30.9 Å². The molecule has 3 fully saturated rings. The lowest BCUT2D eigenvalue weighted by atomic mass is 9.42. The van der Waals surface area contributed by atoms with Crippen LogP contribution in [0.4, 0.5) is 10.1 Å². The monoisotopic (exact) mass is 506 g/mol. The van der Waals surface area contributed by atoms with Gasteiger partial charge in [0.25, 0.3) is 0 Å². The molecule has 6 nitrogen and oxygen atoms in total. The first-order chi connectivity index (χ1) is 17.3. The lowest BCUT2D eigenvalue weighted by Gasteiger charge is -2.65. The van der Waals surface area contributed by atoms with E-state index in [0.717, 1.165) is 46.1 Å². The molecule has 3 aromatic rings. The highest BCUT2D eigenvalue weighted by Gasteiger charge is 2.73. The molecule has 0 N–H and O–H groups in total. The summed E-state index contributed by atoms with van der Waals surface area (Å²) in [4.78, 5) is 19.9. The Morgan fingerprint density at radius 3 is 2.69 bits per heavy atom. The maximum absolute atomic E-state index is 14.3. The lowest BCUT2D eigenvalue weighted by molar-refractivity contribution is -0.211. The number of pyridine rings is 1. The largest absolute Gasteiger partial charge is 0.481 e. The molecule has 3 saturated carbocycles. The smallest absolute Gasteiger partial charge is 0.233 e. The lowest BCUT2D eigenvalue weighted by Crippen LogP contribution is -2.70. The Labute approximate surface area is 215 Å². The van der Waals surface area contributed by atoms with Gasteiger partial charge in [-0.05, 0) is 74.3 Å². The first-order valence-electron chi connectivity index (χ1n) is 12.4. The van der Waals surface area contributed by atoms with Gasteiger partial charge in [-0.1, -0.05) is 18.2 Å². The van der Waals surface area contributed by atoms with Crippen molar-refractivity contribution in [1.29, 1.82) is 0 Å². The van der Waals surface area contributed by atoms with Gasteiger partial charge in [0.05, 0.1) is 12.5 Å². The Balaban J connectivity index is 1.37. The molecule has 0 spiro atoms. The normalized spacial score (nSPS) is 22.8. The molecule has 6 rings (SSSR count). The van der Waals surface area contributed by atoms with E-state index in [1.807, 2.05) is 54.3 Å². The third-order valence-electron chi connectivity index (χ3n) is 7.38. The zero-order valence-corrected chi connectivity index (χ0v) is 21.6. The van der Waals surface area contributed by atoms with Crippen molar-refractivity contribution in [2.24, 2.45) is 11.3 Å². The highest BCUT2D eigenvalue weighted by Crippen LogP contribution is 2.70. The van der Waals surface area contributed by atoms with Crippen LogP contribution < -0.4 is 9.64 Å². The van der Waals surface area contributed by atoms with Crippen LogP contribution in [0.25, 0.3) is 11.1 Å². The van der Waals surface area contributed by atoms with Crippen LogP contribution >= 0.6 is 11.3 Å². The molecule has 3 aliphatic carbocycles. The van der Waals surface area contributed by atoms with Gasteiger partial charge >= 0.3 is 0 Å². The van der Waals surface area contributed by atoms with E-state index >= 15 is 0 Å². The fourth-order valence-corrected chi connectivity index (χ4v) is 6.26. The molecule has 2 heterocycles. The maximum Gasteiger partial charge on any atom is 0.233 e. The number of hydrogen-bond donors (Lipinski definition) is 0. The molecule has 0 aliphatic heterocycles. The van der Waals surface area contributed by atoms with Crippen molar-refractivity contribution in [3.05, 3.63) is 65.3 Å². The van der Waals surface area contributed by atoms with Crippen LogP contribution in [-0.2, 0) is 11.2 Å². The van der Waals surface area contributed by atoms with Gasteiger partial charge in [-0.2, -0.15) is 0 Å². The molecule has 0 radical (unpaired) electrons. The standard InChI is InChI=1S/C28H31FN4O2S/c1-4-20(7-5-10-25-32-31-19(2)36-25)15-33(26(34)27-16-28(29,17-27)18-27)23-9-6-8-21(13-23)22-11-12-30-24(14-22)35-3/h4,6,8-9,11-14,20H,1,5,7,10,15-18H2,2-3H3. The minimum atomic E-state index is -1.13. The third-order valence-corrected chi connectivity index (χ3v) is 8.28. The van der Waals surface area contributed by atoms with Gasteiger partial charge in [-0.15, -0.1) is 28.1 Å². The predicted octanol–water partition coefficient (Wildman–Crippen LogP) is 5.97. The topological polar surface area (TPSA) is 68.2 Å². The second kappa shape index (κ2) is 9.73. The van der Waals surface area contributed by atoms with Crippen molar-refractivity contribution in [2.75, 3.05) is 18.6 Å². The summed E-state index contributed by atoms with van der Waals surface area (Å²) in [6, 6.07) is 11.7. The molecule has 1 atom stereocenters. The van der Waals surface area contributed by atoms with E-state index in [0.29, 0.717) is 31.7 Å². The summed E-state index contributed by atoms with van der Waals surface area (Å²) in [5.74, 6) is 0.669. The number of methoxy groups -OCH3 is 1. The van der Waals surface area contributed by atoms with Gasteiger partial charge in [0.2, 0.25) is 11.8 Å². The number of carbonyl (C=O) groups excluding carboxylic acids is 1. The number of alkyl halides is 1. The Hall–Kier alpha value is -3.13. The van der Waals surface area contributed by atoms with E-state index in [1.165, 1.54) is 0 Å². The van der Waals surface area contributed by atoms with Gasteiger partial charge in [0.15, 0.2) is 0 Å². The average Bonchev–Trinajstić information content (AvgIpc) is 3.28. The molecule has 36 heavy (non-hydrogen) atoms. The van der Waals surface area contributed by atoms with Crippen LogP contribution in [0.15, 0.2) is 55.3 Å². The second-order valence-corrected chi connectivity index (χ2v) is 11.4. The summed E-state index contributed by atoms with van der Waals surface area (Å²) >= 11 is 1.62. The first kappa shape index (κ1) is 24.6. The highest BCUT2D eigenvalue weighted by atomic mass is 32.1. The van der Waals surface area contributed by atoms with Gasteiger partial charge in [-0.3, -0.25) is 4.79 Å². The molecule has 188 valence electrons. The fraction of sp³-hybridized carbons (Fsp3) is 0.429. The quantitative estimate of drug-likeness (QED) is 0.300. The molecular weight excluding hydrogens is 475 g/mol. The summed E-state index contributed by atoms with van der Waals surface area (Å²) in [5, 5.41) is 10.3. The molecule has 2 aromatic heterocycles. The fourth-order valence-electron chi connectivity index (χ4n) is 5.51. The number of benzene rings is 1. The number of aryl methyl sites for hydroxylation is 2. The molecule has 0 saturated heterocycles. The van der Waals surface area contributed by atoms with Crippen molar-refractivity contribution < 1.29 is 13.9 Å². The average molecular weight is 507 g/mol. The van der Waals surface area contributed by atoms with E-state index in [-0.39, 0.29) is 11.8 Å². The summed E-state index contributed by atoms with van der Waals surface area (Å²) < 4.78 is 19.6. The van der Waals surface area contributed by atoms with E-state index in [1.54, 1.807) is 24.6 Å². The van der Waals surface area contributed by atoms with Crippen LogP contribution in [0, 0.1) is 18.3 Å². The zero-order chi connectivity index (χ0) is 25.3. The number of amides is 1. The summed E-state index contributed by atoms with van der Waals surface area (Å²) in [5.41, 5.74) is 1.05. The number of hydrogen-bond acceptors (Lipinski definition) is 6. The van der Waals surface area contributed by atoms with Gasteiger partial charge < -0.3 is 9.64 Å². The number of nitrogens with zero attached hydrogens (tertiary/aromatic N) is 4. The van der Waals surface area contributed by atoms with E-state index in [9.17, 15) is 9.18 Å². The molecule has 3 aliphatic rings. The predicted molar refractivity (Wildman–Crippen MR) is 140 cm³/mol. The third kappa shape index (κ3) is 4.78. The minimum Gasteiger partial charge on any atom is -0.481 e. The van der Waals surface area contributed by atoms with Crippen molar-refractivity contribution in [3.63, 3.8) is 0 Å². The van der Waals surface area contributed by atoms with Crippen molar-refractivity contribution >= 4 is 22.9 Å². The van der Waals surface area contributed by atoms with Crippen molar-refractivity contribution in [1.82, 2.24) is 15.2 Å². The Bertz CT molecular complexity index is 1260. The number of rotatable bonds is 11. The summed E-state index contributed by atoms with van der Waals surface area (Å²) in [7, 11) is 1.59. The minimum absolute atomic E-state index is 0.0260. The molecule has 1 unspecified atom stereocenters. The Kier molecular flexibility index (Phi) is 6.64. The van der Waals surface area contributed by atoms with E-state index in [4.69, 9.17) is 4.74 Å². The van der Waals surface area contributed by atoms with Gasteiger partial charge in [0.1, 0.15) is 15.7 Å². The van der Waals surface area contributed by atoms with Crippen molar-refractivity contribution in [3.8, 4) is 17.0 Å². The second-order valence-electron chi connectivity index (χ2n) is 10.1. The number of anilines is 1. The van der Waals surface area contributed by atoms with E-state index in [2.05, 4.69) is 21.8 Å². The molecule has 8 heteroatoms. The summed E-state index contributed by atoms with van der Waals surface area (Å²) in [6.45, 7) is 6.53. The van der Waals surface area contributed by atoms with Crippen LogP contribution in [0.2, 0.25) is 0 Å². The zero-order valence-electron chi connectivity index (χ0n) is 20.7. The SMILES string of the molecule is C=CC(CCCc1nnc(C)s1)CN(C(=O)C12CC(F)(C1)C2)c1cccc(-c2ccnc(OC)c2)c1. The maximum atomic E-state index is 14.3. The van der Waals surface area contributed by atoms with Crippen LogP contribution in [0.5, 0.6) is 5.88 Å².